The third-order valence-electron chi connectivity index (χ3n) is 5.17. The molecule has 1 saturated carbocycles. The lowest BCUT2D eigenvalue weighted by Crippen LogP contribution is -2.48. The SMILES string of the molecule is CC(=O)N1CCN(c2ccc(C3(NC(O)OC(C)(C)C)CC3)c(F)c2)CC1. The number of aliphatic hydroxyl groups excluding tert-OH is 1. The van der Waals surface area contributed by atoms with Gasteiger partial charge in [-0.1, -0.05) is 6.07 Å². The van der Waals surface area contributed by atoms with Crippen LogP contribution in [0.25, 0.3) is 0 Å². The van der Waals surface area contributed by atoms with Gasteiger partial charge in [0.1, 0.15) is 5.82 Å². The molecule has 1 unspecified atom stereocenters. The molecule has 27 heavy (non-hydrogen) atoms. The van der Waals surface area contributed by atoms with Gasteiger partial charge in [0, 0.05) is 44.4 Å². The largest absolute Gasteiger partial charge is 0.368 e. The van der Waals surface area contributed by atoms with E-state index in [0.29, 0.717) is 31.7 Å². The Hall–Kier alpha value is -1.70. The van der Waals surface area contributed by atoms with E-state index in [0.717, 1.165) is 18.5 Å². The van der Waals surface area contributed by atoms with E-state index < -0.39 is 17.6 Å². The third kappa shape index (κ3) is 4.78. The smallest absolute Gasteiger partial charge is 0.219 e. The zero-order chi connectivity index (χ0) is 19.8. The Kier molecular flexibility index (Phi) is 5.47. The number of hydrogen-bond acceptors (Lipinski definition) is 5. The van der Waals surface area contributed by atoms with Crippen LogP contribution < -0.4 is 10.2 Å². The van der Waals surface area contributed by atoms with Crippen LogP contribution in [0.3, 0.4) is 0 Å². The van der Waals surface area contributed by atoms with Crippen LogP contribution in [0.2, 0.25) is 0 Å². The van der Waals surface area contributed by atoms with Crippen molar-refractivity contribution in [3.63, 3.8) is 0 Å². The molecule has 1 atom stereocenters. The van der Waals surface area contributed by atoms with Gasteiger partial charge in [-0.05, 0) is 45.7 Å². The van der Waals surface area contributed by atoms with E-state index in [2.05, 4.69) is 10.2 Å². The fourth-order valence-electron chi connectivity index (χ4n) is 3.59. The molecule has 0 spiro atoms. The van der Waals surface area contributed by atoms with E-state index in [-0.39, 0.29) is 11.7 Å². The third-order valence-corrected chi connectivity index (χ3v) is 5.17. The summed E-state index contributed by atoms with van der Waals surface area (Å²) >= 11 is 0. The number of aliphatic hydroxyl groups is 1. The number of piperazine rings is 1. The van der Waals surface area contributed by atoms with Crippen molar-refractivity contribution in [2.24, 2.45) is 0 Å². The maximum Gasteiger partial charge on any atom is 0.219 e. The van der Waals surface area contributed by atoms with Crippen molar-refractivity contribution in [1.29, 1.82) is 0 Å². The molecular formula is C20H30FN3O3. The second kappa shape index (κ2) is 7.37. The molecule has 1 heterocycles. The number of anilines is 1. The Morgan fingerprint density at radius 3 is 2.37 bits per heavy atom. The van der Waals surface area contributed by atoms with Gasteiger partial charge >= 0.3 is 0 Å². The highest BCUT2D eigenvalue weighted by molar-refractivity contribution is 5.73. The van der Waals surface area contributed by atoms with Crippen LogP contribution in [0.1, 0.15) is 46.1 Å². The van der Waals surface area contributed by atoms with Crippen LogP contribution in [0.4, 0.5) is 10.1 Å². The van der Waals surface area contributed by atoms with E-state index in [1.54, 1.807) is 24.0 Å². The number of halogens is 1. The molecule has 6 nitrogen and oxygen atoms in total. The van der Waals surface area contributed by atoms with Crippen molar-refractivity contribution in [2.75, 3.05) is 31.1 Å². The fourth-order valence-corrected chi connectivity index (χ4v) is 3.59. The number of nitrogens with one attached hydrogen (secondary N) is 1. The highest BCUT2D eigenvalue weighted by Gasteiger charge is 2.47. The van der Waals surface area contributed by atoms with Gasteiger partial charge in [0.25, 0.3) is 0 Å². The Bertz CT molecular complexity index is 692. The molecular weight excluding hydrogens is 349 g/mol. The first-order valence-corrected chi connectivity index (χ1v) is 9.54. The lowest BCUT2D eigenvalue weighted by atomic mass is 10.0. The molecule has 1 amide bonds. The lowest BCUT2D eigenvalue weighted by molar-refractivity contribution is -0.187. The number of benzene rings is 1. The molecule has 150 valence electrons. The summed E-state index contributed by atoms with van der Waals surface area (Å²) in [6, 6.07) is 5.27. The number of ether oxygens (including phenoxy) is 1. The average Bonchev–Trinajstić information content (AvgIpc) is 3.33. The van der Waals surface area contributed by atoms with Crippen LogP contribution in [0, 0.1) is 5.82 Å². The van der Waals surface area contributed by atoms with E-state index in [9.17, 15) is 14.3 Å². The van der Waals surface area contributed by atoms with Gasteiger partial charge in [0.05, 0.1) is 11.1 Å². The summed E-state index contributed by atoms with van der Waals surface area (Å²) in [5.74, 6) is -0.205. The van der Waals surface area contributed by atoms with Crippen molar-refractivity contribution >= 4 is 11.6 Å². The van der Waals surface area contributed by atoms with Gasteiger partial charge in [0.2, 0.25) is 12.3 Å². The molecule has 7 heteroatoms. The summed E-state index contributed by atoms with van der Waals surface area (Å²) in [6.45, 7) is 9.85. The minimum Gasteiger partial charge on any atom is -0.368 e. The Morgan fingerprint density at radius 2 is 1.89 bits per heavy atom. The van der Waals surface area contributed by atoms with Crippen molar-refractivity contribution in [2.45, 2.75) is 58.1 Å². The van der Waals surface area contributed by atoms with Gasteiger partial charge in [-0.25, -0.2) is 4.39 Å². The molecule has 0 bridgehead atoms. The maximum atomic E-state index is 14.9. The predicted molar refractivity (Wildman–Crippen MR) is 102 cm³/mol. The Balaban J connectivity index is 1.67. The molecule has 1 aromatic carbocycles. The first kappa shape index (κ1) is 20.0. The summed E-state index contributed by atoms with van der Waals surface area (Å²) in [5.41, 5.74) is 0.319. The van der Waals surface area contributed by atoms with Crippen LogP contribution in [0.5, 0.6) is 0 Å². The van der Waals surface area contributed by atoms with Crippen molar-refractivity contribution < 1.29 is 19.0 Å². The molecule has 0 aromatic heterocycles. The highest BCUT2D eigenvalue weighted by Crippen LogP contribution is 2.47. The Morgan fingerprint density at radius 1 is 1.26 bits per heavy atom. The molecule has 3 rings (SSSR count). The summed E-state index contributed by atoms with van der Waals surface area (Å²) in [4.78, 5) is 15.3. The summed E-state index contributed by atoms with van der Waals surface area (Å²) in [5, 5.41) is 13.2. The van der Waals surface area contributed by atoms with Crippen molar-refractivity contribution in [1.82, 2.24) is 10.2 Å². The van der Waals surface area contributed by atoms with Gasteiger partial charge < -0.3 is 19.6 Å². The quantitative estimate of drug-likeness (QED) is 0.768. The summed E-state index contributed by atoms with van der Waals surface area (Å²) in [6.07, 6.45) is 0.363. The zero-order valence-corrected chi connectivity index (χ0v) is 16.6. The molecule has 0 radical (unpaired) electrons. The molecule has 2 aliphatic rings. The van der Waals surface area contributed by atoms with E-state index in [1.807, 2.05) is 26.8 Å². The zero-order valence-electron chi connectivity index (χ0n) is 16.6. The van der Waals surface area contributed by atoms with Crippen molar-refractivity contribution in [3.8, 4) is 0 Å². The lowest BCUT2D eigenvalue weighted by Gasteiger charge is -2.36. The molecule has 2 N–H and O–H groups in total. The summed E-state index contributed by atoms with van der Waals surface area (Å²) < 4.78 is 20.4. The standard InChI is InChI=1S/C20H30FN3O3/c1-14(25)23-9-11-24(12-10-23)15-5-6-16(17(21)13-15)20(7-8-20)22-18(26)27-19(2,3)4/h5-6,13,18,22,26H,7-12H2,1-4H3. The number of nitrogens with zero attached hydrogens (tertiary/aromatic N) is 2. The van der Waals surface area contributed by atoms with Gasteiger partial charge in [-0.3, -0.25) is 10.1 Å². The molecule has 1 aliphatic carbocycles. The van der Waals surface area contributed by atoms with E-state index in [1.165, 1.54) is 0 Å². The topological polar surface area (TPSA) is 65.0 Å². The van der Waals surface area contributed by atoms with E-state index >= 15 is 0 Å². The fraction of sp³-hybridized carbons (Fsp3) is 0.650. The van der Waals surface area contributed by atoms with Gasteiger partial charge in [0.15, 0.2) is 0 Å². The number of hydrogen-bond donors (Lipinski definition) is 2. The molecule has 2 fully saturated rings. The van der Waals surface area contributed by atoms with Gasteiger partial charge in [-0.2, -0.15) is 0 Å². The van der Waals surface area contributed by atoms with Gasteiger partial charge in [-0.15, -0.1) is 0 Å². The maximum absolute atomic E-state index is 14.9. The number of carbonyl (C=O) groups excluding carboxylic acids is 1. The number of carbonyl (C=O) groups is 1. The summed E-state index contributed by atoms with van der Waals surface area (Å²) in [7, 11) is 0. The number of amides is 1. The minimum absolute atomic E-state index is 0.0777. The average molecular weight is 379 g/mol. The molecule has 1 saturated heterocycles. The normalized spacial score (nSPS) is 20.5. The van der Waals surface area contributed by atoms with E-state index in [4.69, 9.17) is 4.74 Å². The van der Waals surface area contributed by atoms with Crippen LogP contribution in [0.15, 0.2) is 18.2 Å². The molecule has 1 aromatic rings. The minimum atomic E-state index is -1.15. The Labute approximate surface area is 160 Å². The predicted octanol–water partition coefficient (Wildman–Crippen LogP) is 2.16. The van der Waals surface area contributed by atoms with Crippen LogP contribution in [-0.2, 0) is 15.1 Å². The van der Waals surface area contributed by atoms with Crippen LogP contribution >= 0.6 is 0 Å². The first-order valence-electron chi connectivity index (χ1n) is 9.54. The highest BCUT2D eigenvalue weighted by atomic mass is 19.1. The van der Waals surface area contributed by atoms with Crippen molar-refractivity contribution in [3.05, 3.63) is 29.6 Å². The first-order chi connectivity index (χ1) is 12.6. The monoisotopic (exact) mass is 379 g/mol. The molecule has 1 aliphatic heterocycles. The number of rotatable bonds is 5. The second-order valence-corrected chi connectivity index (χ2v) is 8.47. The second-order valence-electron chi connectivity index (χ2n) is 8.47. The van der Waals surface area contributed by atoms with Crippen LogP contribution in [-0.4, -0.2) is 54.1 Å².